The molecule has 3 heterocycles. The number of aromatic amines is 1. The molecule has 112 valence electrons. The standard InChI is InChI=1S/C15H25N3O2/c1-11-12(2)17-15(16-11)13-5-3-7-18(13)8-6-14-19-9-4-10-20-14/h13-14H,3-10H2,1-2H3,(H,16,17). The molecule has 2 fully saturated rings. The van der Waals surface area contributed by atoms with Crippen molar-refractivity contribution in [1.82, 2.24) is 14.9 Å². The van der Waals surface area contributed by atoms with Gasteiger partial charge in [-0.15, -0.1) is 0 Å². The maximum Gasteiger partial charge on any atom is 0.158 e. The summed E-state index contributed by atoms with van der Waals surface area (Å²) in [5.41, 5.74) is 2.30. The van der Waals surface area contributed by atoms with Gasteiger partial charge in [0.25, 0.3) is 0 Å². The summed E-state index contributed by atoms with van der Waals surface area (Å²) in [6.07, 6.45) is 4.41. The monoisotopic (exact) mass is 279 g/mol. The van der Waals surface area contributed by atoms with Crippen LogP contribution in [-0.2, 0) is 9.47 Å². The van der Waals surface area contributed by atoms with E-state index in [2.05, 4.69) is 28.7 Å². The van der Waals surface area contributed by atoms with E-state index >= 15 is 0 Å². The van der Waals surface area contributed by atoms with Gasteiger partial charge in [0.05, 0.1) is 24.9 Å². The lowest BCUT2D eigenvalue weighted by atomic mass is 10.2. The smallest absolute Gasteiger partial charge is 0.158 e. The highest BCUT2D eigenvalue weighted by atomic mass is 16.7. The summed E-state index contributed by atoms with van der Waals surface area (Å²) in [7, 11) is 0. The third-order valence-electron chi connectivity index (χ3n) is 4.37. The molecule has 0 radical (unpaired) electrons. The van der Waals surface area contributed by atoms with Gasteiger partial charge in [-0.25, -0.2) is 4.98 Å². The Hall–Kier alpha value is -0.910. The van der Waals surface area contributed by atoms with Crippen molar-refractivity contribution in [2.24, 2.45) is 0 Å². The molecule has 1 aromatic heterocycles. The largest absolute Gasteiger partial charge is 0.353 e. The normalized spacial score (nSPS) is 25.4. The first-order valence-corrected chi connectivity index (χ1v) is 7.74. The first-order valence-electron chi connectivity index (χ1n) is 7.74. The fourth-order valence-electron chi connectivity index (χ4n) is 3.11. The van der Waals surface area contributed by atoms with E-state index in [1.54, 1.807) is 0 Å². The van der Waals surface area contributed by atoms with Crippen LogP contribution in [0.15, 0.2) is 0 Å². The SMILES string of the molecule is Cc1nc(C2CCCN2CCC2OCCCO2)[nH]c1C. The predicted molar refractivity (Wildman–Crippen MR) is 76.5 cm³/mol. The second kappa shape index (κ2) is 6.24. The molecular weight excluding hydrogens is 254 g/mol. The van der Waals surface area contributed by atoms with Crippen molar-refractivity contribution in [3.63, 3.8) is 0 Å². The van der Waals surface area contributed by atoms with Gasteiger partial charge in [0.1, 0.15) is 5.82 Å². The summed E-state index contributed by atoms with van der Waals surface area (Å²) in [6, 6.07) is 0.436. The lowest BCUT2D eigenvalue weighted by Crippen LogP contribution is -2.32. The van der Waals surface area contributed by atoms with Gasteiger partial charge in [0.15, 0.2) is 6.29 Å². The number of nitrogens with one attached hydrogen (secondary N) is 1. The zero-order chi connectivity index (χ0) is 13.9. The van der Waals surface area contributed by atoms with Crippen LogP contribution in [0.1, 0.15) is 48.9 Å². The fourth-order valence-corrected chi connectivity index (χ4v) is 3.11. The van der Waals surface area contributed by atoms with Gasteiger partial charge >= 0.3 is 0 Å². The molecule has 2 aliphatic heterocycles. The van der Waals surface area contributed by atoms with Crippen molar-refractivity contribution in [2.45, 2.75) is 51.9 Å². The second-order valence-electron chi connectivity index (χ2n) is 5.84. The number of aryl methyl sites for hydroxylation is 2. The number of nitrogens with zero attached hydrogens (tertiary/aromatic N) is 2. The molecule has 0 bridgehead atoms. The van der Waals surface area contributed by atoms with Crippen LogP contribution in [0.5, 0.6) is 0 Å². The molecule has 0 aliphatic carbocycles. The molecule has 0 spiro atoms. The summed E-state index contributed by atoms with van der Waals surface area (Å²) in [4.78, 5) is 10.6. The molecule has 0 saturated carbocycles. The fraction of sp³-hybridized carbons (Fsp3) is 0.800. The molecule has 5 heteroatoms. The second-order valence-corrected chi connectivity index (χ2v) is 5.84. The van der Waals surface area contributed by atoms with E-state index in [9.17, 15) is 0 Å². The Kier molecular flexibility index (Phi) is 4.38. The number of likely N-dealkylation sites (tertiary alicyclic amines) is 1. The quantitative estimate of drug-likeness (QED) is 0.919. The summed E-state index contributed by atoms with van der Waals surface area (Å²) in [5.74, 6) is 1.13. The van der Waals surface area contributed by atoms with Crippen molar-refractivity contribution < 1.29 is 9.47 Å². The number of imidazole rings is 1. The maximum absolute atomic E-state index is 5.63. The van der Waals surface area contributed by atoms with Gasteiger partial charge in [-0.2, -0.15) is 0 Å². The van der Waals surface area contributed by atoms with Crippen LogP contribution in [0.25, 0.3) is 0 Å². The first kappa shape index (κ1) is 14.0. The highest BCUT2D eigenvalue weighted by Gasteiger charge is 2.29. The van der Waals surface area contributed by atoms with Crippen LogP contribution in [0, 0.1) is 13.8 Å². The van der Waals surface area contributed by atoms with E-state index < -0.39 is 0 Å². The third kappa shape index (κ3) is 3.05. The van der Waals surface area contributed by atoms with Gasteiger partial charge in [0, 0.05) is 18.7 Å². The van der Waals surface area contributed by atoms with Crippen molar-refractivity contribution >= 4 is 0 Å². The van der Waals surface area contributed by atoms with Crippen LogP contribution in [0.4, 0.5) is 0 Å². The highest BCUT2D eigenvalue weighted by Crippen LogP contribution is 2.31. The predicted octanol–water partition coefficient (Wildman–Crippen LogP) is 2.32. The molecule has 0 aromatic carbocycles. The molecule has 3 rings (SSSR count). The Labute approximate surface area is 120 Å². The molecule has 1 N–H and O–H groups in total. The molecule has 1 aromatic rings. The van der Waals surface area contributed by atoms with Crippen LogP contribution < -0.4 is 0 Å². The molecule has 2 aliphatic rings. The van der Waals surface area contributed by atoms with Crippen LogP contribution in [0.2, 0.25) is 0 Å². The molecule has 0 amide bonds. The Morgan fingerprint density at radius 2 is 2.05 bits per heavy atom. The Morgan fingerprint density at radius 3 is 2.75 bits per heavy atom. The van der Waals surface area contributed by atoms with E-state index in [0.717, 1.165) is 50.7 Å². The topological polar surface area (TPSA) is 50.4 Å². The van der Waals surface area contributed by atoms with Crippen LogP contribution in [0.3, 0.4) is 0 Å². The van der Waals surface area contributed by atoms with E-state index in [0.29, 0.717) is 6.04 Å². The van der Waals surface area contributed by atoms with Crippen LogP contribution in [-0.4, -0.2) is 47.5 Å². The van der Waals surface area contributed by atoms with Crippen molar-refractivity contribution in [1.29, 1.82) is 0 Å². The van der Waals surface area contributed by atoms with Gasteiger partial charge in [-0.3, -0.25) is 4.90 Å². The molecular formula is C15H25N3O2. The Balaban J connectivity index is 1.57. The number of hydrogen-bond donors (Lipinski definition) is 1. The van der Waals surface area contributed by atoms with Gasteiger partial charge in [-0.05, 0) is 39.7 Å². The minimum atomic E-state index is -0.00919. The lowest BCUT2D eigenvalue weighted by Gasteiger charge is -2.27. The average molecular weight is 279 g/mol. The number of H-pyrrole nitrogens is 1. The van der Waals surface area contributed by atoms with E-state index in [-0.39, 0.29) is 6.29 Å². The lowest BCUT2D eigenvalue weighted by molar-refractivity contribution is -0.182. The summed E-state index contributed by atoms with van der Waals surface area (Å²) >= 11 is 0. The van der Waals surface area contributed by atoms with E-state index in [4.69, 9.17) is 9.47 Å². The molecule has 5 nitrogen and oxygen atoms in total. The van der Waals surface area contributed by atoms with Gasteiger partial charge < -0.3 is 14.5 Å². The summed E-state index contributed by atoms with van der Waals surface area (Å²) in [5, 5.41) is 0. The summed E-state index contributed by atoms with van der Waals surface area (Å²) < 4.78 is 11.3. The van der Waals surface area contributed by atoms with Crippen molar-refractivity contribution in [3.8, 4) is 0 Å². The zero-order valence-corrected chi connectivity index (χ0v) is 12.5. The van der Waals surface area contributed by atoms with Gasteiger partial charge in [-0.1, -0.05) is 0 Å². The average Bonchev–Trinajstić information content (AvgIpc) is 3.05. The minimum absolute atomic E-state index is 0.00919. The Bertz CT molecular complexity index is 421. The number of rotatable bonds is 4. The third-order valence-corrected chi connectivity index (χ3v) is 4.37. The van der Waals surface area contributed by atoms with Crippen molar-refractivity contribution in [2.75, 3.05) is 26.3 Å². The highest BCUT2D eigenvalue weighted by molar-refractivity contribution is 5.13. The number of hydrogen-bond acceptors (Lipinski definition) is 4. The molecule has 1 unspecified atom stereocenters. The Morgan fingerprint density at radius 1 is 1.25 bits per heavy atom. The number of ether oxygens (including phenoxy) is 2. The number of aromatic nitrogens is 2. The zero-order valence-electron chi connectivity index (χ0n) is 12.5. The van der Waals surface area contributed by atoms with E-state index in [1.165, 1.54) is 18.5 Å². The van der Waals surface area contributed by atoms with Crippen LogP contribution >= 0.6 is 0 Å². The molecule has 1 atom stereocenters. The van der Waals surface area contributed by atoms with E-state index in [1.807, 2.05) is 0 Å². The van der Waals surface area contributed by atoms with Gasteiger partial charge in [0.2, 0.25) is 0 Å². The minimum Gasteiger partial charge on any atom is -0.353 e. The molecule has 2 saturated heterocycles. The van der Waals surface area contributed by atoms with Crippen molar-refractivity contribution in [3.05, 3.63) is 17.2 Å². The maximum atomic E-state index is 5.63. The summed E-state index contributed by atoms with van der Waals surface area (Å²) in [6.45, 7) is 8.01. The first-order chi connectivity index (χ1) is 9.74. The molecule has 20 heavy (non-hydrogen) atoms.